The van der Waals surface area contributed by atoms with E-state index in [1.807, 2.05) is 25.5 Å². The molecule has 5 rings (SSSR count). The number of pyridine rings is 2. The van der Waals surface area contributed by atoms with Gasteiger partial charge in [0.25, 0.3) is 0 Å². The first-order valence-corrected chi connectivity index (χ1v) is 9.95. The first-order chi connectivity index (χ1) is 13.2. The Hall–Kier alpha value is -2.35. The van der Waals surface area contributed by atoms with Crippen molar-refractivity contribution in [1.29, 1.82) is 0 Å². The molecule has 4 aromatic rings. The summed E-state index contributed by atoms with van der Waals surface area (Å²) >= 11 is 1.58. The van der Waals surface area contributed by atoms with Crippen molar-refractivity contribution in [2.24, 2.45) is 13.0 Å². The third-order valence-electron chi connectivity index (χ3n) is 5.18. The number of nitrogens with zero attached hydrogens (tertiary/aromatic N) is 4. The molecular weight excluding hydrogens is 360 g/mol. The fourth-order valence-electron chi connectivity index (χ4n) is 3.68. The second-order valence-corrected chi connectivity index (χ2v) is 8.14. The summed E-state index contributed by atoms with van der Waals surface area (Å²) in [6, 6.07) is 8.22. The van der Waals surface area contributed by atoms with E-state index in [0.717, 1.165) is 63.4 Å². The number of rotatable bonds is 3. The van der Waals surface area contributed by atoms with Crippen molar-refractivity contribution < 1.29 is 9.84 Å². The van der Waals surface area contributed by atoms with Gasteiger partial charge in [0.15, 0.2) is 5.65 Å². The number of hydrogen-bond acceptors (Lipinski definition) is 6. The largest absolute Gasteiger partial charge is 0.387 e. The molecule has 1 atom stereocenters. The Kier molecular flexibility index (Phi) is 4.15. The summed E-state index contributed by atoms with van der Waals surface area (Å²) in [7, 11) is 1.89. The average molecular weight is 380 g/mol. The number of aryl methyl sites for hydroxylation is 1. The van der Waals surface area contributed by atoms with E-state index in [1.165, 1.54) is 0 Å². The molecule has 6 nitrogen and oxygen atoms in total. The van der Waals surface area contributed by atoms with E-state index in [1.54, 1.807) is 16.0 Å². The van der Waals surface area contributed by atoms with E-state index in [9.17, 15) is 5.11 Å². The fourth-order valence-corrected chi connectivity index (χ4v) is 4.79. The molecule has 0 aliphatic carbocycles. The summed E-state index contributed by atoms with van der Waals surface area (Å²) in [4.78, 5) is 11.2. The Morgan fingerprint density at radius 2 is 2.07 bits per heavy atom. The number of hydrogen-bond donors (Lipinski definition) is 1. The van der Waals surface area contributed by atoms with Gasteiger partial charge in [0, 0.05) is 53.9 Å². The predicted octanol–water partition coefficient (Wildman–Crippen LogP) is 3.71. The molecular formula is C20H20N4O2S. The fraction of sp³-hybridized carbons (Fsp3) is 0.350. The minimum atomic E-state index is -0.440. The van der Waals surface area contributed by atoms with Crippen LogP contribution in [0.5, 0.6) is 0 Å². The zero-order valence-electron chi connectivity index (χ0n) is 15.0. The summed E-state index contributed by atoms with van der Waals surface area (Å²) in [6.45, 7) is 1.47. The average Bonchev–Trinajstić information content (AvgIpc) is 3.29. The van der Waals surface area contributed by atoms with Gasteiger partial charge in [0.2, 0.25) is 0 Å². The summed E-state index contributed by atoms with van der Waals surface area (Å²) in [6.07, 6.45) is 5.15. The van der Waals surface area contributed by atoms with Crippen LogP contribution in [-0.2, 0) is 11.8 Å². The molecule has 5 heterocycles. The van der Waals surface area contributed by atoms with Crippen LogP contribution in [0.3, 0.4) is 0 Å². The molecule has 0 bridgehead atoms. The van der Waals surface area contributed by atoms with Crippen molar-refractivity contribution in [2.75, 3.05) is 13.2 Å². The van der Waals surface area contributed by atoms with Crippen LogP contribution in [0.2, 0.25) is 0 Å². The zero-order valence-corrected chi connectivity index (χ0v) is 15.8. The molecule has 0 radical (unpaired) electrons. The Labute approximate surface area is 160 Å². The van der Waals surface area contributed by atoms with Crippen LogP contribution in [0.4, 0.5) is 0 Å². The molecule has 0 unspecified atom stereocenters. The maximum Gasteiger partial charge on any atom is 0.181 e. The van der Waals surface area contributed by atoms with Gasteiger partial charge in [-0.25, -0.2) is 9.97 Å². The number of aromatic nitrogens is 4. The van der Waals surface area contributed by atoms with Gasteiger partial charge in [-0.3, -0.25) is 4.68 Å². The predicted molar refractivity (Wildman–Crippen MR) is 106 cm³/mol. The van der Waals surface area contributed by atoms with Crippen molar-refractivity contribution in [2.45, 2.75) is 18.9 Å². The van der Waals surface area contributed by atoms with Crippen LogP contribution in [0.25, 0.3) is 32.5 Å². The molecule has 0 spiro atoms. The summed E-state index contributed by atoms with van der Waals surface area (Å²) < 4.78 is 7.17. The third-order valence-corrected chi connectivity index (χ3v) is 6.29. The maximum atomic E-state index is 10.8. The minimum absolute atomic E-state index is 0.267. The van der Waals surface area contributed by atoms with Crippen LogP contribution in [0.1, 0.15) is 23.8 Å². The number of fused-ring (bicyclic) bond motifs is 2. The minimum Gasteiger partial charge on any atom is -0.387 e. The highest BCUT2D eigenvalue weighted by atomic mass is 32.1. The number of aliphatic hydroxyl groups is 1. The van der Waals surface area contributed by atoms with Crippen LogP contribution in [0, 0.1) is 5.92 Å². The quantitative estimate of drug-likeness (QED) is 0.587. The van der Waals surface area contributed by atoms with E-state index in [0.29, 0.717) is 0 Å². The van der Waals surface area contributed by atoms with Gasteiger partial charge in [-0.1, -0.05) is 0 Å². The summed E-state index contributed by atoms with van der Waals surface area (Å²) in [5, 5.41) is 17.1. The Bertz CT molecular complexity index is 1110. The first kappa shape index (κ1) is 16.8. The lowest BCUT2D eigenvalue weighted by Gasteiger charge is -2.25. The van der Waals surface area contributed by atoms with Gasteiger partial charge in [-0.05, 0) is 43.0 Å². The van der Waals surface area contributed by atoms with Crippen molar-refractivity contribution >= 4 is 32.6 Å². The maximum absolute atomic E-state index is 10.8. The van der Waals surface area contributed by atoms with Crippen molar-refractivity contribution in [1.82, 2.24) is 19.7 Å². The van der Waals surface area contributed by atoms with Crippen molar-refractivity contribution in [3.63, 3.8) is 0 Å². The monoisotopic (exact) mass is 380 g/mol. The molecule has 1 aliphatic rings. The van der Waals surface area contributed by atoms with E-state index < -0.39 is 6.10 Å². The Morgan fingerprint density at radius 3 is 2.93 bits per heavy atom. The number of thiophene rings is 1. The topological polar surface area (TPSA) is 73.1 Å². The van der Waals surface area contributed by atoms with E-state index in [4.69, 9.17) is 9.72 Å². The van der Waals surface area contributed by atoms with Crippen LogP contribution < -0.4 is 0 Å². The van der Waals surface area contributed by atoms with E-state index >= 15 is 0 Å². The molecule has 4 aromatic heterocycles. The molecule has 138 valence electrons. The van der Waals surface area contributed by atoms with Gasteiger partial charge in [-0.15, -0.1) is 11.3 Å². The van der Waals surface area contributed by atoms with Gasteiger partial charge in [0.05, 0.1) is 11.8 Å². The normalized spacial score (nSPS) is 17.0. The highest BCUT2D eigenvalue weighted by Gasteiger charge is 2.25. The number of ether oxygens (including phenoxy) is 1. The molecule has 1 saturated heterocycles. The summed E-state index contributed by atoms with van der Waals surface area (Å²) in [5.41, 5.74) is 2.59. The summed E-state index contributed by atoms with van der Waals surface area (Å²) in [5.74, 6) is 0.267. The number of aliphatic hydroxyl groups excluding tert-OH is 1. The Balaban J connectivity index is 1.49. The van der Waals surface area contributed by atoms with Crippen LogP contribution in [0.15, 0.2) is 36.7 Å². The molecule has 1 fully saturated rings. The molecule has 1 N–H and O–H groups in total. The van der Waals surface area contributed by atoms with E-state index in [-0.39, 0.29) is 5.92 Å². The smallest absolute Gasteiger partial charge is 0.181 e. The van der Waals surface area contributed by atoms with E-state index in [2.05, 4.69) is 28.3 Å². The second-order valence-electron chi connectivity index (χ2n) is 7.07. The second kappa shape index (κ2) is 6.67. The van der Waals surface area contributed by atoms with Crippen LogP contribution >= 0.6 is 11.3 Å². The van der Waals surface area contributed by atoms with Crippen molar-refractivity contribution in [3.8, 4) is 11.3 Å². The lowest BCUT2D eigenvalue weighted by atomic mass is 9.93. The molecule has 0 amide bonds. The highest BCUT2D eigenvalue weighted by molar-refractivity contribution is 7.18. The molecule has 0 saturated carbocycles. The lowest BCUT2D eigenvalue weighted by Crippen LogP contribution is -2.21. The molecule has 1 aliphatic heterocycles. The first-order valence-electron chi connectivity index (χ1n) is 9.13. The van der Waals surface area contributed by atoms with Gasteiger partial charge in [-0.2, -0.15) is 5.10 Å². The van der Waals surface area contributed by atoms with Gasteiger partial charge >= 0.3 is 0 Å². The molecule has 0 aromatic carbocycles. The third kappa shape index (κ3) is 3.12. The lowest BCUT2D eigenvalue weighted by molar-refractivity contribution is 0.00856. The highest BCUT2D eigenvalue weighted by Crippen LogP contribution is 2.37. The zero-order chi connectivity index (χ0) is 18.4. The van der Waals surface area contributed by atoms with Crippen LogP contribution in [-0.4, -0.2) is 38.1 Å². The Morgan fingerprint density at radius 1 is 1.22 bits per heavy atom. The molecule has 27 heavy (non-hydrogen) atoms. The molecule has 7 heteroatoms. The van der Waals surface area contributed by atoms with Gasteiger partial charge in [0.1, 0.15) is 4.83 Å². The standard InChI is InChI=1S/C20H20N4O2S/c1-24-11-15-8-14(10-21-19(15)23-24)16-3-2-13-9-17(27-20(13)22-16)18(25)12-4-6-26-7-5-12/h2-3,8-12,18,25H,4-7H2,1H3/t18-/m1/s1. The van der Waals surface area contributed by atoms with Crippen molar-refractivity contribution in [3.05, 3.63) is 41.5 Å². The van der Waals surface area contributed by atoms with Gasteiger partial charge < -0.3 is 9.84 Å². The SMILES string of the molecule is Cn1cc2cc(-c3ccc4cc([C@H](O)C5CCOCC5)sc4n3)cnc2n1.